The third kappa shape index (κ3) is 4.70. The van der Waals surface area contributed by atoms with Crippen molar-refractivity contribution in [2.75, 3.05) is 0 Å². The summed E-state index contributed by atoms with van der Waals surface area (Å²) in [5, 5.41) is 8.56. The summed E-state index contributed by atoms with van der Waals surface area (Å²) < 4.78 is 10.8. The van der Waals surface area contributed by atoms with Crippen molar-refractivity contribution >= 4 is 33.8 Å². The molecule has 0 spiro atoms. The minimum Gasteiger partial charge on any atom is -0.481 e. The summed E-state index contributed by atoms with van der Waals surface area (Å²) in [5.74, 6) is -1.89. The molecular weight excluding hydrogens is 344 g/mol. The van der Waals surface area contributed by atoms with E-state index in [4.69, 9.17) is 14.6 Å². The Balaban J connectivity index is 2.87. The molecule has 21 heavy (non-hydrogen) atoms. The molecule has 1 unspecified atom stereocenters. The maximum atomic E-state index is 11.9. The number of rotatable bonds is 7. The lowest BCUT2D eigenvalue weighted by molar-refractivity contribution is -0.151. The molecule has 1 heterocycles. The molecule has 0 aromatic carbocycles. The molecule has 1 aliphatic heterocycles. The first-order valence-corrected chi connectivity index (χ1v) is 7.39. The lowest BCUT2D eigenvalue weighted by atomic mass is 10.1. The number of carboxylic acids is 1. The summed E-state index contributed by atoms with van der Waals surface area (Å²) in [6, 6.07) is 0. The molecule has 0 saturated carbocycles. The highest BCUT2D eigenvalue weighted by atomic mass is 79.9. The minimum atomic E-state index is -1.07. The summed E-state index contributed by atoms with van der Waals surface area (Å²) in [5.41, 5.74) is 0.258. The van der Waals surface area contributed by atoms with Crippen molar-refractivity contribution in [3.05, 3.63) is 21.9 Å². The smallest absolute Gasteiger partial charge is 0.344 e. The van der Waals surface area contributed by atoms with Crippen LogP contribution in [0.5, 0.6) is 0 Å². The zero-order valence-corrected chi connectivity index (χ0v) is 13.4. The molecule has 0 aromatic heterocycles. The zero-order valence-electron chi connectivity index (χ0n) is 11.8. The number of ether oxygens (including phenoxy) is 2. The second kappa shape index (κ2) is 7.97. The number of esters is 2. The number of carboxylic acid groups (broad SMARTS) is 1. The Kier molecular flexibility index (Phi) is 6.61. The van der Waals surface area contributed by atoms with Crippen LogP contribution in [0.25, 0.3) is 0 Å². The van der Waals surface area contributed by atoms with E-state index in [2.05, 4.69) is 15.9 Å². The summed E-state index contributed by atoms with van der Waals surface area (Å²) >= 11 is 3.27. The molecule has 116 valence electrons. The molecular formula is C14H17BrO6. The van der Waals surface area contributed by atoms with E-state index in [0.29, 0.717) is 23.1 Å². The fourth-order valence-electron chi connectivity index (χ4n) is 1.83. The van der Waals surface area contributed by atoms with Gasteiger partial charge in [0.05, 0.1) is 22.9 Å². The normalized spacial score (nSPS) is 17.9. The van der Waals surface area contributed by atoms with E-state index in [1.807, 2.05) is 6.92 Å². The predicted molar refractivity (Wildman–Crippen MR) is 77.5 cm³/mol. The first-order valence-electron chi connectivity index (χ1n) is 6.60. The third-order valence-electron chi connectivity index (χ3n) is 2.83. The standard InChI is InChI=1S/C14H17BrO6/c1-3-5-9(20-11(18)7-6-10(16)17)12-13(15)8(4-2)21-14(12)19/h4,9H,3,5-7H2,1-2H3,(H,16,17)/b8-4-. The van der Waals surface area contributed by atoms with E-state index in [-0.39, 0.29) is 18.4 Å². The number of hydrogen-bond acceptors (Lipinski definition) is 5. The van der Waals surface area contributed by atoms with Gasteiger partial charge in [-0.25, -0.2) is 4.79 Å². The second-order valence-electron chi connectivity index (χ2n) is 4.43. The average molecular weight is 361 g/mol. The van der Waals surface area contributed by atoms with E-state index in [9.17, 15) is 14.4 Å². The third-order valence-corrected chi connectivity index (χ3v) is 3.65. The Bertz CT molecular complexity index is 506. The van der Waals surface area contributed by atoms with E-state index < -0.39 is 24.0 Å². The van der Waals surface area contributed by atoms with Crippen molar-refractivity contribution in [1.82, 2.24) is 0 Å². The van der Waals surface area contributed by atoms with Gasteiger partial charge in [0.2, 0.25) is 0 Å². The van der Waals surface area contributed by atoms with E-state index in [0.717, 1.165) is 0 Å². The number of carbonyl (C=O) groups is 3. The second-order valence-corrected chi connectivity index (χ2v) is 5.22. The molecule has 0 aliphatic carbocycles. The number of hydrogen-bond donors (Lipinski definition) is 1. The molecule has 0 amide bonds. The van der Waals surface area contributed by atoms with Crippen molar-refractivity contribution in [1.29, 1.82) is 0 Å². The molecule has 1 atom stereocenters. The average Bonchev–Trinajstić information content (AvgIpc) is 2.70. The van der Waals surface area contributed by atoms with Crippen LogP contribution in [-0.4, -0.2) is 29.1 Å². The van der Waals surface area contributed by atoms with Gasteiger partial charge < -0.3 is 14.6 Å². The lowest BCUT2D eigenvalue weighted by Gasteiger charge is -2.16. The summed E-state index contributed by atoms with van der Waals surface area (Å²) in [6.45, 7) is 3.61. The molecule has 7 heteroatoms. The predicted octanol–water partition coefficient (Wildman–Crippen LogP) is 2.67. The van der Waals surface area contributed by atoms with Gasteiger partial charge in [-0.3, -0.25) is 9.59 Å². The van der Waals surface area contributed by atoms with Gasteiger partial charge in [0.25, 0.3) is 0 Å². The highest BCUT2D eigenvalue weighted by Gasteiger charge is 2.35. The van der Waals surface area contributed by atoms with Crippen molar-refractivity contribution in [3.8, 4) is 0 Å². The number of cyclic esters (lactones) is 1. The Morgan fingerprint density at radius 2 is 2.10 bits per heavy atom. The van der Waals surface area contributed by atoms with Crippen molar-refractivity contribution in [2.24, 2.45) is 0 Å². The van der Waals surface area contributed by atoms with Crippen LogP contribution >= 0.6 is 15.9 Å². The molecule has 0 aromatic rings. The van der Waals surface area contributed by atoms with E-state index in [1.165, 1.54) is 0 Å². The summed E-state index contributed by atoms with van der Waals surface area (Å²) in [7, 11) is 0. The highest BCUT2D eigenvalue weighted by Crippen LogP contribution is 2.35. The topological polar surface area (TPSA) is 89.9 Å². The fourth-order valence-corrected chi connectivity index (χ4v) is 2.56. The molecule has 0 bridgehead atoms. The van der Waals surface area contributed by atoms with Crippen LogP contribution < -0.4 is 0 Å². The molecule has 1 rings (SSSR count). The van der Waals surface area contributed by atoms with Gasteiger partial charge in [0, 0.05) is 0 Å². The van der Waals surface area contributed by atoms with Crippen LogP contribution in [0.2, 0.25) is 0 Å². The van der Waals surface area contributed by atoms with Crippen molar-refractivity contribution in [3.63, 3.8) is 0 Å². The first kappa shape index (κ1) is 17.4. The Morgan fingerprint density at radius 3 is 2.57 bits per heavy atom. The van der Waals surface area contributed by atoms with Gasteiger partial charge in [-0.2, -0.15) is 0 Å². The maximum absolute atomic E-state index is 11.9. The van der Waals surface area contributed by atoms with Crippen LogP contribution in [0.3, 0.4) is 0 Å². The van der Waals surface area contributed by atoms with Gasteiger partial charge >= 0.3 is 17.9 Å². The van der Waals surface area contributed by atoms with Gasteiger partial charge in [0.15, 0.2) is 0 Å². The minimum absolute atomic E-state index is 0.230. The Hall–Kier alpha value is -1.63. The number of carbonyl (C=O) groups excluding carboxylic acids is 2. The monoisotopic (exact) mass is 360 g/mol. The lowest BCUT2D eigenvalue weighted by Crippen LogP contribution is -2.24. The highest BCUT2D eigenvalue weighted by molar-refractivity contribution is 9.12. The van der Waals surface area contributed by atoms with Crippen LogP contribution in [-0.2, 0) is 23.9 Å². The molecule has 1 N–H and O–H groups in total. The molecule has 0 saturated heterocycles. The van der Waals surface area contributed by atoms with E-state index in [1.54, 1.807) is 13.0 Å². The van der Waals surface area contributed by atoms with Crippen LogP contribution in [0.1, 0.15) is 39.5 Å². The van der Waals surface area contributed by atoms with E-state index >= 15 is 0 Å². The summed E-state index contributed by atoms with van der Waals surface area (Å²) in [4.78, 5) is 34.0. The largest absolute Gasteiger partial charge is 0.481 e. The van der Waals surface area contributed by atoms with Crippen LogP contribution in [0.4, 0.5) is 0 Å². The van der Waals surface area contributed by atoms with Gasteiger partial charge in [0.1, 0.15) is 11.9 Å². The molecule has 6 nitrogen and oxygen atoms in total. The van der Waals surface area contributed by atoms with Crippen LogP contribution in [0, 0.1) is 0 Å². The molecule has 0 radical (unpaired) electrons. The SMILES string of the molecule is C/C=C1\OC(=O)C(C(CCC)OC(=O)CCC(=O)O)=C1Br. The summed E-state index contributed by atoms with van der Waals surface area (Å²) in [6.07, 6.45) is 1.50. The van der Waals surface area contributed by atoms with Crippen molar-refractivity contribution in [2.45, 2.75) is 45.6 Å². The first-order chi connectivity index (χ1) is 9.90. The van der Waals surface area contributed by atoms with Crippen molar-refractivity contribution < 1.29 is 29.0 Å². The fraction of sp³-hybridized carbons (Fsp3) is 0.500. The van der Waals surface area contributed by atoms with Gasteiger partial charge in [-0.05, 0) is 35.4 Å². The Labute approximate surface area is 130 Å². The Morgan fingerprint density at radius 1 is 1.43 bits per heavy atom. The van der Waals surface area contributed by atoms with Crippen LogP contribution in [0.15, 0.2) is 21.9 Å². The number of allylic oxidation sites excluding steroid dienone is 2. The quantitative estimate of drug-likeness (QED) is 0.702. The molecule has 0 fully saturated rings. The van der Waals surface area contributed by atoms with Gasteiger partial charge in [-0.1, -0.05) is 13.3 Å². The zero-order chi connectivity index (χ0) is 16.0. The number of aliphatic carboxylic acids is 1. The maximum Gasteiger partial charge on any atom is 0.344 e. The molecule has 1 aliphatic rings. The van der Waals surface area contributed by atoms with Gasteiger partial charge in [-0.15, -0.1) is 0 Å². The number of halogens is 1.